The van der Waals surface area contributed by atoms with Crippen molar-refractivity contribution in [2.75, 3.05) is 5.32 Å². The summed E-state index contributed by atoms with van der Waals surface area (Å²) >= 11 is 3.41. The molecular weight excluding hydrogens is 254 g/mol. The van der Waals surface area contributed by atoms with Crippen LogP contribution in [-0.4, -0.2) is 0 Å². The highest BCUT2D eigenvalue weighted by Gasteiger charge is 2.05. The minimum absolute atomic E-state index is 0.255. The van der Waals surface area contributed by atoms with Crippen LogP contribution in [0.4, 0.5) is 5.69 Å². The van der Waals surface area contributed by atoms with Gasteiger partial charge in [0.25, 0.3) is 0 Å². The molecule has 1 aromatic carbocycles. The van der Waals surface area contributed by atoms with Crippen molar-refractivity contribution in [2.45, 2.75) is 13.0 Å². The van der Waals surface area contributed by atoms with Gasteiger partial charge in [0.2, 0.25) is 0 Å². The molecule has 0 saturated heterocycles. The number of nitrogens with one attached hydrogen (secondary N) is 1. The minimum atomic E-state index is 0.255. The van der Waals surface area contributed by atoms with Crippen molar-refractivity contribution in [2.24, 2.45) is 0 Å². The molecule has 0 fully saturated rings. The van der Waals surface area contributed by atoms with Crippen LogP contribution in [0.15, 0.2) is 51.7 Å². The Morgan fingerprint density at radius 3 is 2.53 bits per heavy atom. The molecule has 2 rings (SSSR count). The van der Waals surface area contributed by atoms with Gasteiger partial charge in [-0.25, -0.2) is 0 Å². The van der Waals surface area contributed by atoms with Crippen LogP contribution in [0.5, 0.6) is 0 Å². The third kappa shape index (κ3) is 2.63. The molecule has 0 spiro atoms. The number of furan rings is 1. The van der Waals surface area contributed by atoms with E-state index in [-0.39, 0.29) is 6.04 Å². The molecule has 2 aromatic rings. The van der Waals surface area contributed by atoms with Crippen molar-refractivity contribution in [3.05, 3.63) is 52.9 Å². The third-order valence-electron chi connectivity index (χ3n) is 2.27. The van der Waals surface area contributed by atoms with Gasteiger partial charge in [-0.1, -0.05) is 15.9 Å². The predicted molar refractivity (Wildman–Crippen MR) is 64.9 cm³/mol. The fraction of sp³-hybridized carbons (Fsp3) is 0.167. The van der Waals surface area contributed by atoms with Gasteiger partial charge in [-0.2, -0.15) is 0 Å². The highest BCUT2D eigenvalue weighted by Crippen LogP contribution is 2.20. The molecule has 1 heterocycles. The van der Waals surface area contributed by atoms with E-state index in [2.05, 4.69) is 28.2 Å². The van der Waals surface area contributed by atoms with E-state index in [9.17, 15) is 0 Å². The molecule has 0 aliphatic heterocycles. The summed E-state index contributed by atoms with van der Waals surface area (Å²) in [4.78, 5) is 0. The van der Waals surface area contributed by atoms with E-state index in [4.69, 9.17) is 4.42 Å². The lowest BCUT2D eigenvalue weighted by Crippen LogP contribution is -2.04. The second kappa shape index (κ2) is 4.53. The first-order valence-electron chi connectivity index (χ1n) is 4.80. The minimum Gasteiger partial charge on any atom is -0.472 e. The van der Waals surface area contributed by atoms with E-state index >= 15 is 0 Å². The summed E-state index contributed by atoms with van der Waals surface area (Å²) in [5.41, 5.74) is 2.25. The van der Waals surface area contributed by atoms with Crippen molar-refractivity contribution in [1.29, 1.82) is 0 Å². The fourth-order valence-electron chi connectivity index (χ4n) is 1.40. The van der Waals surface area contributed by atoms with Gasteiger partial charge in [-0.05, 0) is 37.3 Å². The van der Waals surface area contributed by atoms with E-state index in [1.807, 2.05) is 30.3 Å². The Balaban J connectivity index is 2.06. The van der Waals surface area contributed by atoms with Crippen molar-refractivity contribution in [3.8, 4) is 0 Å². The van der Waals surface area contributed by atoms with Crippen molar-refractivity contribution in [3.63, 3.8) is 0 Å². The Morgan fingerprint density at radius 2 is 1.93 bits per heavy atom. The predicted octanol–water partition coefficient (Wildman–Crippen LogP) is 4.22. The average Bonchev–Trinajstić information content (AvgIpc) is 2.74. The third-order valence-corrected chi connectivity index (χ3v) is 2.80. The van der Waals surface area contributed by atoms with E-state index in [0.29, 0.717) is 0 Å². The first-order valence-corrected chi connectivity index (χ1v) is 5.59. The molecule has 2 nitrogen and oxygen atoms in total. The number of hydrogen-bond acceptors (Lipinski definition) is 2. The van der Waals surface area contributed by atoms with Gasteiger partial charge in [-0.15, -0.1) is 0 Å². The zero-order valence-corrected chi connectivity index (χ0v) is 9.99. The largest absolute Gasteiger partial charge is 0.472 e. The topological polar surface area (TPSA) is 25.2 Å². The normalized spacial score (nSPS) is 12.4. The fourth-order valence-corrected chi connectivity index (χ4v) is 1.67. The number of halogens is 1. The summed E-state index contributed by atoms with van der Waals surface area (Å²) in [7, 11) is 0. The van der Waals surface area contributed by atoms with Crippen LogP contribution in [0, 0.1) is 0 Å². The maximum Gasteiger partial charge on any atom is 0.0955 e. The quantitative estimate of drug-likeness (QED) is 0.899. The molecule has 15 heavy (non-hydrogen) atoms. The molecule has 0 saturated carbocycles. The Kier molecular flexibility index (Phi) is 3.11. The first-order chi connectivity index (χ1) is 7.25. The lowest BCUT2D eigenvalue weighted by Gasteiger charge is -2.13. The van der Waals surface area contributed by atoms with Crippen molar-refractivity contribution < 1.29 is 4.42 Å². The Morgan fingerprint density at radius 1 is 1.20 bits per heavy atom. The van der Waals surface area contributed by atoms with Crippen LogP contribution in [0.1, 0.15) is 18.5 Å². The molecule has 1 N–H and O–H groups in total. The van der Waals surface area contributed by atoms with Crippen LogP contribution in [-0.2, 0) is 0 Å². The van der Waals surface area contributed by atoms with Crippen LogP contribution in [0.2, 0.25) is 0 Å². The smallest absolute Gasteiger partial charge is 0.0955 e. The zero-order chi connectivity index (χ0) is 10.7. The van der Waals surface area contributed by atoms with Crippen LogP contribution in [0.25, 0.3) is 0 Å². The summed E-state index contributed by atoms with van der Waals surface area (Å²) in [6, 6.07) is 10.3. The summed E-state index contributed by atoms with van der Waals surface area (Å²) in [5.74, 6) is 0. The average molecular weight is 266 g/mol. The molecule has 0 aliphatic rings. The molecule has 3 heteroatoms. The standard InChI is InChI=1S/C12H12BrNO/c1-9(10-6-7-15-8-10)14-12-4-2-11(13)3-5-12/h2-9,14H,1H3. The Bertz CT molecular complexity index is 408. The lowest BCUT2D eigenvalue weighted by molar-refractivity contribution is 0.562. The second-order valence-electron chi connectivity index (χ2n) is 3.43. The van der Waals surface area contributed by atoms with E-state index < -0.39 is 0 Å². The van der Waals surface area contributed by atoms with Gasteiger partial charge in [-0.3, -0.25) is 0 Å². The van der Waals surface area contributed by atoms with Gasteiger partial charge in [0.05, 0.1) is 18.6 Å². The molecule has 0 bridgehead atoms. The van der Waals surface area contributed by atoms with Crippen LogP contribution in [0.3, 0.4) is 0 Å². The lowest BCUT2D eigenvalue weighted by atomic mass is 10.1. The zero-order valence-electron chi connectivity index (χ0n) is 8.41. The van der Waals surface area contributed by atoms with Gasteiger partial charge in [0, 0.05) is 15.7 Å². The molecule has 0 aliphatic carbocycles. The molecular formula is C12H12BrNO. The van der Waals surface area contributed by atoms with Gasteiger partial charge in [0.1, 0.15) is 0 Å². The molecule has 0 amide bonds. The van der Waals surface area contributed by atoms with Crippen LogP contribution >= 0.6 is 15.9 Å². The van der Waals surface area contributed by atoms with Gasteiger partial charge in [0.15, 0.2) is 0 Å². The summed E-state index contributed by atoms with van der Waals surface area (Å²) < 4.78 is 6.13. The number of rotatable bonds is 3. The van der Waals surface area contributed by atoms with E-state index in [0.717, 1.165) is 15.7 Å². The maximum atomic E-state index is 5.04. The van der Waals surface area contributed by atoms with Gasteiger partial charge < -0.3 is 9.73 Å². The molecule has 1 atom stereocenters. The van der Waals surface area contributed by atoms with Crippen molar-refractivity contribution >= 4 is 21.6 Å². The molecule has 1 aromatic heterocycles. The van der Waals surface area contributed by atoms with Crippen molar-refractivity contribution in [1.82, 2.24) is 0 Å². The van der Waals surface area contributed by atoms with E-state index in [1.165, 1.54) is 0 Å². The van der Waals surface area contributed by atoms with Gasteiger partial charge >= 0.3 is 0 Å². The highest BCUT2D eigenvalue weighted by atomic mass is 79.9. The molecule has 0 radical (unpaired) electrons. The maximum absolute atomic E-state index is 5.04. The molecule has 78 valence electrons. The number of benzene rings is 1. The SMILES string of the molecule is CC(Nc1ccc(Br)cc1)c1ccoc1. The molecule has 1 unspecified atom stereocenters. The summed E-state index contributed by atoms with van der Waals surface area (Å²) in [6.45, 7) is 2.10. The number of anilines is 1. The summed E-state index contributed by atoms with van der Waals surface area (Å²) in [6.07, 6.45) is 3.45. The Hall–Kier alpha value is -1.22. The highest BCUT2D eigenvalue weighted by molar-refractivity contribution is 9.10. The number of hydrogen-bond donors (Lipinski definition) is 1. The van der Waals surface area contributed by atoms with E-state index in [1.54, 1.807) is 12.5 Å². The second-order valence-corrected chi connectivity index (χ2v) is 4.35. The van der Waals surface area contributed by atoms with Crippen LogP contribution < -0.4 is 5.32 Å². The summed E-state index contributed by atoms with van der Waals surface area (Å²) in [5, 5.41) is 3.39. The first kappa shape index (κ1) is 10.3. The monoisotopic (exact) mass is 265 g/mol. The Labute approximate surface area is 97.4 Å².